The van der Waals surface area contributed by atoms with Gasteiger partial charge < -0.3 is 4.74 Å². The lowest BCUT2D eigenvalue weighted by atomic mass is 9.68. The molecule has 2 heteroatoms. The van der Waals surface area contributed by atoms with Crippen LogP contribution in [0, 0.1) is 17.3 Å². The van der Waals surface area contributed by atoms with Crippen LogP contribution in [0.2, 0.25) is 5.02 Å². The molecule has 1 aromatic rings. The first-order chi connectivity index (χ1) is 11.4. The maximum absolute atomic E-state index is 6.05. The van der Waals surface area contributed by atoms with Crippen molar-refractivity contribution in [3.05, 3.63) is 40.4 Å². The van der Waals surface area contributed by atoms with E-state index in [2.05, 4.69) is 32.9 Å². The normalized spacial score (nSPS) is 25.8. The Morgan fingerprint density at radius 1 is 1.04 bits per heavy atom. The number of hydrogen-bond donors (Lipinski definition) is 0. The van der Waals surface area contributed by atoms with Crippen molar-refractivity contribution in [3.63, 3.8) is 0 Å². The molecule has 1 aromatic carbocycles. The van der Waals surface area contributed by atoms with Crippen LogP contribution in [0.4, 0.5) is 0 Å². The predicted octanol–water partition coefficient (Wildman–Crippen LogP) is 6.76. The topological polar surface area (TPSA) is 9.23 Å². The number of hydrogen-bond acceptors (Lipinski definition) is 1. The molecule has 1 fully saturated rings. The van der Waals surface area contributed by atoms with Crippen molar-refractivity contribution in [1.29, 1.82) is 0 Å². The largest absolute Gasteiger partial charge is 0.377 e. The van der Waals surface area contributed by atoms with Gasteiger partial charge in [0.15, 0.2) is 0 Å². The van der Waals surface area contributed by atoms with E-state index >= 15 is 0 Å². The third-order valence-electron chi connectivity index (χ3n) is 6.00. The number of halogens is 1. The van der Waals surface area contributed by atoms with Crippen LogP contribution in [0.1, 0.15) is 64.9 Å². The monoisotopic (exact) mass is 346 g/mol. The summed E-state index contributed by atoms with van der Waals surface area (Å²) in [6.45, 7) is 8.85. The Bertz CT molecular complexity index is 571. The van der Waals surface area contributed by atoms with Gasteiger partial charge in [0.25, 0.3) is 0 Å². The predicted molar refractivity (Wildman–Crippen MR) is 103 cm³/mol. The van der Waals surface area contributed by atoms with E-state index in [0.717, 1.165) is 36.5 Å². The fourth-order valence-electron chi connectivity index (χ4n) is 4.40. The van der Waals surface area contributed by atoms with Gasteiger partial charge in [0.1, 0.15) is 0 Å². The van der Waals surface area contributed by atoms with E-state index in [0.29, 0.717) is 5.41 Å². The lowest BCUT2D eigenvalue weighted by molar-refractivity contribution is 0.133. The van der Waals surface area contributed by atoms with Gasteiger partial charge in [-0.25, -0.2) is 0 Å². The molecule has 3 rings (SSSR count). The molecule has 1 saturated carbocycles. The molecule has 0 amide bonds. The summed E-state index contributed by atoms with van der Waals surface area (Å²) in [6.07, 6.45) is 7.78. The zero-order chi connectivity index (χ0) is 17.2. The van der Waals surface area contributed by atoms with Crippen molar-refractivity contribution in [1.82, 2.24) is 0 Å². The third kappa shape index (κ3) is 4.43. The minimum Gasteiger partial charge on any atom is -0.377 e. The third-order valence-corrected chi connectivity index (χ3v) is 6.25. The summed E-state index contributed by atoms with van der Waals surface area (Å²) in [5.74, 6) is 1.73. The minimum absolute atomic E-state index is 0.465. The van der Waals surface area contributed by atoms with Crippen LogP contribution in [-0.4, -0.2) is 13.2 Å². The summed E-state index contributed by atoms with van der Waals surface area (Å²) in [6, 6.07) is 8.34. The van der Waals surface area contributed by atoms with Crippen molar-refractivity contribution in [2.75, 3.05) is 13.2 Å². The first-order valence-electron chi connectivity index (χ1n) is 9.48. The highest BCUT2D eigenvalue weighted by Gasteiger charge is 2.30. The molecule has 24 heavy (non-hydrogen) atoms. The van der Waals surface area contributed by atoms with Crippen LogP contribution in [0.5, 0.6) is 0 Å². The molecular weight excluding hydrogens is 316 g/mol. The molecule has 1 heterocycles. The van der Waals surface area contributed by atoms with Gasteiger partial charge in [-0.2, -0.15) is 0 Å². The molecule has 1 aliphatic heterocycles. The lowest BCUT2D eigenvalue weighted by Crippen LogP contribution is -2.26. The fraction of sp³-hybridized carbons (Fsp3) is 0.636. The highest BCUT2D eigenvalue weighted by atomic mass is 35.5. The molecule has 0 aromatic heterocycles. The van der Waals surface area contributed by atoms with Crippen molar-refractivity contribution in [2.24, 2.45) is 17.3 Å². The molecule has 2 aliphatic rings. The second-order valence-corrected chi connectivity index (χ2v) is 9.12. The summed E-state index contributed by atoms with van der Waals surface area (Å²) in [7, 11) is 0. The minimum atomic E-state index is 0.465. The Kier molecular flexibility index (Phi) is 5.72. The first kappa shape index (κ1) is 18.0. The SMILES string of the molecule is CC(C)(C)C1CCC(CC2=C(c3ccc(Cl)cc3)CCOC2)CC1. The summed E-state index contributed by atoms with van der Waals surface area (Å²) in [5, 5.41) is 0.813. The molecule has 0 unspecified atom stereocenters. The van der Waals surface area contributed by atoms with Crippen LogP contribution in [0.3, 0.4) is 0 Å². The maximum Gasteiger partial charge on any atom is 0.0682 e. The van der Waals surface area contributed by atoms with Crippen molar-refractivity contribution in [2.45, 2.75) is 59.3 Å². The zero-order valence-corrected chi connectivity index (χ0v) is 16.2. The molecule has 0 radical (unpaired) electrons. The van der Waals surface area contributed by atoms with E-state index in [9.17, 15) is 0 Å². The number of rotatable bonds is 3. The quantitative estimate of drug-likeness (QED) is 0.587. The van der Waals surface area contributed by atoms with E-state index < -0.39 is 0 Å². The summed E-state index contributed by atoms with van der Waals surface area (Å²) < 4.78 is 5.79. The van der Waals surface area contributed by atoms with E-state index in [1.54, 1.807) is 0 Å². The van der Waals surface area contributed by atoms with Gasteiger partial charge in [0, 0.05) is 5.02 Å². The van der Waals surface area contributed by atoms with Gasteiger partial charge in [-0.3, -0.25) is 0 Å². The molecule has 1 aliphatic carbocycles. The summed E-state index contributed by atoms with van der Waals surface area (Å²) >= 11 is 6.05. The smallest absolute Gasteiger partial charge is 0.0682 e. The van der Waals surface area contributed by atoms with Crippen LogP contribution in [0.15, 0.2) is 29.8 Å². The van der Waals surface area contributed by atoms with Gasteiger partial charge in [-0.15, -0.1) is 0 Å². The Labute approximate surface area is 152 Å². The second-order valence-electron chi connectivity index (χ2n) is 8.68. The van der Waals surface area contributed by atoms with Gasteiger partial charge in [0.05, 0.1) is 13.2 Å². The molecule has 1 nitrogen and oxygen atoms in total. The second kappa shape index (κ2) is 7.62. The Morgan fingerprint density at radius 3 is 2.33 bits per heavy atom. The fourth-order valence-corrected chi connectivity index (χ4v) is 4.52. The number of ether oxygens (including phenoxy) is 1. The molecule has 0 atom stereocenters. The van der Waals surface area contributed by atoms with Gasteiger partial charge in [-0.05, 0) is 84.6 Å². The summed E-state index contributed by atoms with van der Waals surface area (Å²) in [5.41, 5.74) is 4.84. The van der Waals surface area contributed by atoms with Crippen LogP contribution in [0.25, 0.3) is 5.57 Å². The van der Waals surface area contributed by atoms with E-state index in [1.807, 2.05) is 12.1 Å². The summed E-state index contributed by atoms with van der Waals surface area (Å²) in [4.78, 5) is 0. The van der Waals surface area contributed by atoms with Crippen LogP contribution in [-0.2, 0) is 4.74 Å². The van der Waals surface area contributed by atoms with Crippen LogP contribution < -0.4 is 0 Å². The molecule has 0 N–H and O–H groups in total. The Hall–Kier alpha value is -0.790. The highest BCUT2D eigenvalue weighted by molar-refractivity contribution is 6.30. The standard InChI is InChI=1S/C22H31ClO/c1-22(2,3)19-8-4-16(5-9-19)14-18-15-24-13-12-21(18)17-6-10-20(23)11-7-17/h6-7,10-11,16,19H,4-5,8-9,12-15H2,1-3H3. The number of benzene rings is 1. The molecule has 0 spiro atoms. The van der Waals surface area contributed by atoms with E-state index in [-0.39, 0.29) is 0 Å². The highest BCUT2D eigenvalue weighted by Crippen LogP contribution is 2.42. The molecule has 0 saturated heterocycles. The van der Waals surface area contributed by atoms with Gasteiger partial charge in [0.2, 0.25) is 0 Å². The Balaban J connectivity index is 1.69. The molecular formula is C22H31ClO. The Morgan fingerprint density at radius 2 is 1.71 bits per heavy atom. The molecule has 132 valence electrons. The van der Waals surface area contributed by atoms with Gasteiger partial charge >= 0.3 is 0 Å². The molecule has 0 bridgehead atoms. The van der Waals surface area contributed by atoms with E-state index in [1.165, 1.54) is 48.8 Å². The average molecular weight is 347 g/mol. The maximum atomic E-state index is 6.05. The van der Waals surface area contributed by atoms with Crippen molar-refractivity contribution < 1.29 is 4.74 Å². The van der Waals surface area contributed by atoms with Gasteiger partial charge in [-0.1, -0.05) is 44.5 Å². The lowest BCUT2D eigenvalue weighted by Gasteiger charge is -2.37. The first-order valence-corrected chi connectivity index (χ1v) is 9.86. The zero-order valence-electron chi connectivity index (χ0n) is 15.4. The van der Waals surface area contributed by atoms with E-state index in [4.69, 9.17) is 16.3 Å². The van der Waals surface area contributed by atoms with Crippen LogP contribution >= 0.6 is 11.6 Å². The average Bonchev–Trinajstić information content (AvgIpc) is 2.56. The van der Waals surface area contributed by atoms with Crippen molar-refractivity contribution in [3.8, 4) is 0 Å². The van der Waals surface area contributed by atoms with Crippen molar-refractivity contribution >= 4 is 17.2 Å².